The molecule has 2 unspecified atom stereocenters. The van der Waals surface area contributed by atoms with E-state index in [0.717, 1.165) is 29.8 Å². The van der Waals surface area contributed by atoms with Crippen molar-refractivity contribution in [3.8, 4) is 0 Å². The van der Waals surface area contributed by atoms with Gasteiger partial charge < -0.3 is 0 Å². The Morgan fingerprint density at radius 3 is 2.55 bits per heavy atom. The number of nitrogens with zero attached hydrogens (tertiary/aromatic N) is 2. The Bertz CT molecular complexity index is 593. The van der Waals surface area contributed by atoms with Gasteiger partial charge in [-0.25, -0.2) is 0 Å². The Labute approximate surface area is 132 Å². The molecule has 22 heavy (non-hydrogen) atoms. The fourth-order valence-corrected chi connectivity index (χ4v) is 2.53. The van der Waals surface area contributed by atoms with Gasteiger partial charge in [-0.05, 0) is 43.0 Å². The minimum atomic E-state index is 0.177. The number of pyridine rings is 2. The molecule has 0 aliphatic carbocycles. The highest BCUT2D eigenvalue weighted by Gasteiger charge is 2.16. The van der Waals surface area contributed by atoms with Crippen molar-refractivity contribution >= 4 is 5.78 Å². The highest BCUT2D eigenvalue weighted by atomic mass is 16.1. The molecular formula is C19H24N2O. The molecule has 0 amide bonds. The molecule has 0 saturated heterocycles. The summed E-state index contributed by atoms with van der Waals surface area (Å²) in [7, 11) is 0. The fourth-order valence-electron chi connectivity index (χ4n) is 2.53. The second kappa shape index (κ2) is 7.83. The zero-order valence-corrected chi connectivity index (χ0v) is 13.6. The van der Waals surface area contributed by atoms with Gasteiger partial charge in [-0.1, -0.05) is 26.8 Å². The molecule has 116 valence electrons. The van der Waals surface area contributed by atoms with Crippen LogP contribution >= 0.6 is 0 Å². The first kappa shape index (κ1) is 16.3. The van der Waals surface area contributed by atoms with E-state index in [1.807, 2.05) is 37.4 Å². The Morgan fingerprint density at radius 1 is 1.14 bits per heavy atom. The minimum Gasteiger partial charge on any atom is -0.294 e. The smallest absolute Gasteiger partial charge is 0.164 e. The van der Waals surface area contributed by atoms with Crippen molar-refractivity contribution in [2.75, 3.05) is 0 Å². The van der Waals surface area contributed by atoms with Gasteiger partial charge in [0.1, 0.15) is 0 Å². The maximum absolute atomic E-state index is 11.8. The van der Waals surface area contributed by atoms with Crippen molar-refractivity contribution in [1.29, 1.82) is 0 Å². The number of aromatic nitrogens is 2. The number of carbonyl (C=O) groups excluding carboxylic acids is 1. The van der Waals surface area contributed by atoms with Gasteiger partial charge in [0.2, 0.25) is 0 Å². The Hall–Kier alpha value is -2.03. The SMILES string of the molecule is CCCC(=O)c1ccc(CC(C)C(C)c2ccccn2)nc1. The predicted molar refractivity (Wildman–Crippen MR) is 89.0 cm³/mol. The molecule has 0 fully saturated rings. The molecule has 3 heteroatoms. The molecule has 3 nitrogen and oxygen atoms in total. The van der Waals surface area contributed by atoms with E-state index in [0.29, 0.717) is 18.3 Å². The minimum absolute atomic E-state index is 0.177. The van der Waals surface area contributed by atoms with E-state index in [2.05, 4.69) is 29.9 Å². The zero-order chi connectivity index (χ0) is 15.9. The van der Waals surface area contributed by atoms with Crippen LogP contribution in [0.4, 0.5) is 0 Å². The van der Waals surface area contributed by atoms with E-state index in [-0.39, 0.29) is 5.78 Å². The van der Waals surface area contributed by atoms with E-state index in [9.17, 15) is 4.79 Å². The first-order valence-electron chi connectivity index (χ1n) is 8.00. The lowest BCUT2D eigenvalue weighted by Gasteiger charge is -2.19. The number of rotatable bonds is 7. The Balaban J connectivity index is 2.00. The average Bonchev–Trinajstić information content (AvgIpc) is 2.55. The third-order valence-electron chi connectivity index (χ3n) is 4.16. The molecular weight excluding hydrogens is 272 g/mol. The summed E-state index contributed by atoms with van der Waals surface area (Å²) in [6.07, 6.45) is 5.91. The van der Waals surface area contributed by atoms with Crippen LogP contribution in [0.2, 0.25) is 0 Å². The Kier molecular flexibility index (Phi) is 5.82. The van der Waals surface area contributed by atoms with Gasteiger partial charge in [0, 0.05) is 41.7 Å². The van der Waals surface area contributed by atoms with Crippen molar-refractivity contribution in [3.05, 3.63) is 59.7 Å². The molecule has 0 aliphatic rings. The zero-order valence-electron chi connectivity index (χ0n) is 13.6. The van der Waals surface area contributed by atoms with Gasteiger partial charge in [-0.3, -0.25) is 14.8 Å². The van der Waals surface area contributed by atoms with E-state index in [4.69, 9.17) is 0 Å². The second-order valence-corrected chi connectivity index (χ2v) is 5.94. The number of hydrogen-bond donors (Lipinski definition) is 0. The molecule has 0 aliphatic heterocycles. The van der Waals surface area contributed by atoms with Crippen LogP contribution in [0.3, 0.4) is 0 Å². The number of ketones is 1. The summed E-state index contributed by atoms with van der Waals surface area (Å²) in [5, 5.41) is 0. The lowest BCUT2D eigenvalue weighted by molar-refractivity contribution is 0.0981. The molecule has 0 saturated carbocycles. The van der Waals surface area contributed by atoms with Gasteiger partial charge >= 0.3 is 0 Å². The molecule has 2 aromatic rings. The lowest BCUT2D eigenvalue weighted by Crippen LogP contribution is -2.12. The summed E-state index contributed by atoms with van der Waals surface area (Å²) in [4.78, 5) is 20.7. The average molecular weight is 296 g/mol. The summed E-state index contributed by atoms with van der Waals surface area (Å²) in [6.45, 7) is 6.43. The predicted octanol–water partition coefficient (Wildman–Crippen LogP) is 4.44. The van der Waals surface area contributed by atoms with Gasteiger partial charge in [0.05, 0.1) is 0 Å². The quantitative estimate of drug-likeness (QED) is 0.709. The largest absolute Gasteiger partial charge is 0.294 e. The highest BCUT2D eigenvalue weighted by Crippen LogP contribution is 2.24. The van der Waals surface area contributed by atoms with Crippen molar-refractivity contribution in [2.24, 2.45) is 5.92 Å². The number of hydrogen-bond acceptors (Lipinski definition) is 3. The summed E-state index contributed by atoms with van der Waals surface area (Å²) in [5.41, 5.74) is 2.86. The molecule has 0 spiro atoms. The summed E-state index contributed by atoms with van der Waals surface area (Å²) in [5.74, 6) is 1.00. The van der Waals surface area contributed by atoms with Gasteiger partial charge in [-0.15, -0.1) is 0 Å². The lowest BCUT2D eigenvalue weighted by atomic mass is 9.88. The molecule has 0 bridgehead atoms. The number of Topliss-reactive ketones (excluding diaryl/α,β-unsaturated/α-hetero) is 1. The number of carbonyl (C=O) groups is 1. The van der Waals surface area contributed by atoms with Crippen LogP contribution in [0.1, 0.15) is 61.3 Å². The van der Waals surface area contributed by atoms with Crippen LogP contribution in [0.15, 0.2) is 42.7 Å². The maximum atomic E-state index is 11.8. The first-order chi connectivity index (χ1) is 10.6. The van der Waals surface area contributed by atoms with E-state index in [1.165, 1.54) is 0 Å². The van der Waals surface area contributed by atoms with E-state index < -0.39 is 0 Å². The van der Waals surface area contributed by atoms with Crippen LogP contribution < -0.4 is 0 Å². The molecule has 0 aromatic carbocycles. The van der Waals surface area contributed by atoms with Gasteiger partial charge in [0.25, 0.3) is 0 Å². The molecule has 0 N–H and O–H groups in total. The van der Waals surface area contributed by atoms with Gasteiger partial charge in [0.15, 0.2) is 5.78 Å². The van der Waals surface area contributed by atoms with Crippen LogP contribution in [-0.4, -0.2) is 15.8 Å². The monoisotopic (exact) mass is 296 g/mol. The van der Waals surface area contributed by atoms with Crippen LogP contribution in [0, 0.1) is 5.92 Å². The normalized spacial score (nSPS) is 13.6. The van der Waals surface area contributed by atoms with Crippen LogP contribution in [0.25, 0.3) is 0 Å². The maximum Gasteiger partial charge on any atom is 0.164 e. The molecule has 0 radical (unpaired) electrons. The molecule has 2 heterocycles. The highest BCUT2D eigenvalue weighted by molar-refractivity contribution is 5.95. The topological polar surface area (TPSA) is 42.9 Å². The van der Waals surface area contributed by atoms with Crippen molar-refractivity contribution in [1.82, 2.24) is 9.97 Å². The van der Waals surface area contributed by atoms with Crippen LogP contribution in [-0.2, 0) is 6.42 Å². The third-order valence-corrected chi connectivity index (χ3v) is 4.16. The van der Waals surface area contributed by atoms with Crippen molar-refractivity contribution < 1.29 is 4.79 Å². The molecule has 2 atom stereocenters. The van der Waals surface area contributed by atoms with Gasteiger partial charge in [-0.2, -0.15) is 0 Å². The summed E-state index contributed by atoms with van der Waals surface area (Å²) < 4.78 is 0. The first-order valence-corrected chi connectivity index (χ1v) is 8.00. The Morgan fingerprint density at radius 2 is 1.95 bits per heavy atom. The summed E-state index contributed by atoms with van der Waals surface area (Å²) in [6, 6.07) is 9.91. The van der Waals surface area contributed by atoms with Crippen molar-refractivity contribution in [3.63, 3.8) is 0 Å². The molecule has 2 aromatic heterocycles. The van der Waals surface area contributed by atoms with Crippen LogP contribution in [0.5, 0.6) is 0 Å². The van der Waals surface area contributed by atoms with E-state index >= 15 is 0 Å². The third kappa shape index (κ3) is 4.23. The standard InChI is InChI=1S/C19H24N2O/c1-4-7-19(22)16-9-10-17(21-13-16)12-14(2)15(3)18-8-5-6-11-20-18/h5-6,8-11,13-15H,4,7,12H2,1-3H3. The summed E-state index contributed by atoms with van der Waals surface area (Å²) >= 11 is 0. The second-order valence-electron chi connectivity index (χ2n) is 5.94. The van der Waals surface area contributed by atoms with E-state index in [1.54, 1.807) is 6.20 Å². The van der Waals surface area contributed by atoms with Crippen molar-refractivity contribution in [2.45, 2.75) is 46.0 Å². The fraction of sp³-hybridized carbons (Fsp3) is 0.421. The molecule has 2 rings (SSSR count).